The van der Waals surface area contributed by atoms with Crippen LogP contribution in [0.3, 0.4) is 0 Å². The van der Waals surface area contributed by atoms with Crippen molar-refractivity contribution in [2.45, 2.75) is 17.1 Å². The van der Waals surface area contributed by atoms with Crippen molar-refractivity contribution in [2.24, 2.45) is 0 Å². The average molecular weight is 337 g/mol. The van der Waals surface area contributed by atoms with Crippen LogP contribution in [0.2, 0.25) is 0 Å². The Balaban J connectivity index is 5.77. The van der Waals surface area contributed by atoms with Gasteiger partial charge in [0.25, 0.3) is 0 Å². The third kappa shape index (κ3) is 3.00. The number of hydrogen-bond donors (Lipinski definition) is 2. The first kappa shape index (κ1) is 18.1. The molecule has 6 nitrogen and oxygen atoms in total. The van der Waals surface area contributed by atoms with E-state index in [9.17, 15) is 43.8 Å². The normalized spacial score (nSPS) is 16.0. The van der Waals surface area contributed by atoms with Crippen LogP contribution in [-0.2, 0) is 25.9 Å². The Bertz CT molecular complexity index is 502. The summed E-state index contributed by atoms with van der Waals surface area (Å²) in [6.07, 6.45) is 0.549. The van der Waals surface area contributed by atoms with Crippen LogP contribution in [0.1, 0.15) is 0 Å². The summed E-state index contributed by atoms with van der Waals surface area (Å²) in [6, 6.07) is 0. The van der Waals surface area contributed by atoms with Crippen molar-refractivity contribution in [2.75, 3.05) is 6.26 Å². The molecule has 0 aromatic rings. The average Bonchev–Trinajstić information content (AvgIpc) is 2.13. The van der Waals surface area contributed by atoms with Gasteiger partial charge in [-0.15, -0.1) is 0 Å². The smallest absolute Gasteiger partial charge is 0.281 e. The topological polar surface area (TPSA) is 101 Å². The summed E-state index contributed by atoms with van der Waals surface area (Å²) in [5.74, 6) is -16.1. The van der Waals surface area contributed by atoms with E-state index in [0.29, 0.717) is 11.0 Å². The van der Waals surface area contributed by atoms with Gasteiger partial charge < -0.3 is 0 Å². The number of halogens is 6. The molecule has 0 saturated heterocycles. The van der Waals surface area contributed by atoms with Crippen molar-refractivity contribution in [3.05, 3.63) is 0 Å². The van der Waals surface area contributed by atoms with Crippen LogP contribution in [0, 0.1) is 0 Å². The van der Waals surface area contributed by atoms with Gasteiger partial charge in [-0.1, -0.05) is 0 Å². The lowest BCUT2D eigenvalue weighted by Gasteiger charge is -2.29. The van der Waals surface area contributed by atoms with Gasteiger partial charge in [0.05, 0.1) is 0 Å². The molecule has 0 fully saturated rings. The van der Waals surface area contributed by atoms with Crippen LogP contribution >= 0.6 is 0 Å². The number of nitrogens with one attached hydrogen (secondary N) is 1. The highest BCUT2D eigenvalue weighted by atomic mass is 32.2. The predicted molar refractivity (Wildman–Crippen MR) is 48.6 cm³/mol. The van der Waals surface area contributed by atoms with Crippen molar-refractivity contribution in [3.8, 4) is 0 Å². The predicted octanol–water partition coefficient (Wildman–Crippen LogP) is 0.147. The molecule has 0 heterocycles. The lowest BCUT2D eigenvalue weighted by atomic mass is 10.1. The third-order valence-electron chi connectivity index (χ3n) is 1.61. The molecule has 0 aromatic carbocycles. The first-order chi connectivity index (χ1) is 8.09. The van der Waals surface area contributed by atoms with Crippen LogP contribution in [-0.4, -0.2) is 46.4 Å². The maximum Gasteiger partial charge on any atom is 0.438 e. The molecule has 1 unspecified atom stereocenters. The van der Waals surface area contributed by atoms with E-state index in [-0.39, 0.29) is 0 Å². The van der Waals surface area contributed by atoms with Crippen molar-refractivity contribution < 1.29 is 48.3 Å². The molecular formula is C5H5F6NO5S2. The second-order valence-corrected chi connectivity index (χ2v) is 5.60. The van der Waals surface area contributed by atoms with Crippen LogP contribution < -0.4 is 4.72 Å². The summed E-state index contributed by atoms with van der Waals surface area (Å²) in [5.41, 5.74) is 0. The van der Waals surface area contributed by atoms with Crippen LogP contribution in [0.5, 0.6) is 0 Å². The van der Waals surface area contributed by atoms with E-state index in [1.165, 1.54) is 0 Å². The summed E-state index contributed by atoms with van der Waals surface area (Å²) in [4.78, 5) is 10.6. The van der Waals surface area contributed by atoms with Gasteiger partial charge in [-0.3, -0.25) is 14.1 Å². The van der Waals surface area contributed by atoms with Crippen LogP contribution in [0.15, 0.2) is 0 Å². The Labute approximate surface area is 104 Å². The summed E-state index contributed by atoms with van der Waals surface area (Å²) in [5, 5.41) is -6.63. The molecule has 0 aliphatic carbocycles. The summed E-state index contributed by atoms with van der Waals surface area (Å²) >= 11 is 0. The fourth-order valence-electron chi connectivity index (χ4n) is 0.682. The van der Waals surface area contributed by atoms with Crippen molar-refractivity contribution >= 4 is 27.0 Å². The van der Waals surface area contributed by atoms with E-state index < -0.39 is 44.1 Å². The number of alkyl halides is 6. The standard InChI is InChI=1S/C5H5F6NO5S2/c1-18(14)12-2(13)3(6,7)4(8,9)5(10,11)19(15,16)17/h1H3,(H,12,13)(H,15,16,17). The molecule has 0 radical (unpaired) electrons. The fraction of sp³-hybridized carbons (Fsp3) is 0.800. The zero-order valence-electron chi connectivity index (χ0n) is 8.66. The molecule has 1 amide bonds. The Morgan fingerprint density at radius 1 is 1.16 bits per heavy atom. The minimum Gasteiger partial charge on any atom is -0.281 e. The van der Waals surface area contributed by atoms with Gasteiger partial charge in [0, 0.05) is 6.26 Å². The Kier molecular flexibility index (Phi) is 4.67. The van der Waals surface area contributed by atoms with Gasteiger partial charge in [0.15, 0.2) is 0 Å². The number of carbonyl (C=O) groups excluding carboxylic acids is 1. The van der Waals surface area contributed by atoms with Gasteiger partial charge in [0.1, 0.15) is 11.0 Å². The highest BCUT2D eigenvalue weighted by molar-refractivity contribution is 7.87. The van der Waals surface area contributed by atoms with E-state index in [2.05, 4.69) is 0 Å². The first-order valence-electron chi connectivity index (χ1n) is 3.84. The minimum atomic E-state index is -6.92. The van der Waals surface area contributed by atoms with E-state index in [4.69, 9.17) is 4.55 Å². The van der Waals surface area contributed by atoms with E-state index in [1.54, 1.807) is 0 Å². The molecule has 0 rings (SSSR count). The molecule has 19 heavy (non-hydrogen) atoms. The lowest BCUT2D eigenvalue weighted by Crippen LogP contribution is -2.63. The quantitative estimate of drug-likeness (QED) is 0.549. The fourth-order valence-corrected chi connectivity index (χ4v) is 1.52. The number of rotatable bonds is 5. The first-order valence-corrected chi connectivity index (χ1v) is 6.84. The molecule has 0 aliphatic rings. The van der Waals surface area contributed by atoms with Crippen molar-refractivity contribution in [3.63, 3.8) is 0 Å². The van der Waals surface area contributed by atoms with Gasteiger partial charge in [0.2, 0.25) is 0 Å². The Hall–Kier alpha value is -0.890. The highest BCUT2D eigenvalue weighted by Crippen LogP contribution is 2.48. The number of carbonyl (C=O) groups is 1. The van der Waals surface area contributed by atoms with Gasteiger partial charge in [-0.2, -0.15) is 34.8 Å². The minimum absolute atomic E-state index is 0.549. The second-order valence-electron chi connectivity index (χ2n) is 3.03. The molecule has 0 aromatic heterocycles. The molecule has 0 aliphatic heterocycles. The third-order valence-corrected chi connectivity index (χ3v) is 2.98. The maximum absolute atomic E-state index is 12.8. The van der Waals surface area contributed by atoms with Crippen molar-refractivity contribution in [1.29, 1.82) is 0 Å². The van der Waals surface area contributed by atoms with E-state index >= 15 is 0 Å². The van der Waals surface area contributed by atoms with E-state index in [1.807, 2.05) is 0 Å². The molecular weight excluding hydrogens is 332 g/mol. The Morgan fingerprint density at radius 3 is 1.79 bits per heavy atom. The highest BCUT2D eigenvalue weighted by Gasteiger charge is 2.80. The molecule has 1 atom stereocenters. The van der Waals surface area contributed by atoms with Crippen LogP contribution in [0.4, 0.5) is 26.3 Å². The van der Waals surface area contributed by atoms with Crippen LogP contribution in [0.25, 0.3) is 0 Å². The summed E-state index contributed by atoms with van der Waals surface area (Å²) in [6.45, 7) is 0. The number of amides is 1. The van der Waals surface area contributed by atoms with Crippen molar-refractivity contribution in [1.82, 2.24) is 4.72 Å². The SMILES string of the molecule is CS(=O)NC(=O)C(F)(F)C(F)(F)C(F)(F)S(=O)(=O)O. The zero-order valence-corrected chi connectivity index (χ0v) is 10.3. The molecule has 2 N–H and O–H groups in total. The summed E-state index contributed by atoms with van der Waals surface area (Å²) < 4.78 is 115. The Morgan fingerprint density at radius 2 is 1.53 bits per heavy atom. The molecule has 0 spiro atoms. The van der Waals surface area contributed by atoms with E-state index in [0.717, 1.165) is 0 Å². The zero-order chi connectivity index (χ0) is 15.9. The lowest BCUT2D eigenvalue weighted by molar-refractivity contribution is -0.269. The molecule has 114 valence electrons. The molecule has 0 saturated carbocycles. The maximum atomic E-state index is 12.8. The molecule has 0 bridgehead atoms. The van der Waals surface area contributed by atoms with Gasteiger partial charge in [-0.25, -0.2) is 4.21 Å². The number of hydrogen-bond acceptors (Lipinski definition) is 4. The monoisotopic (exact) mass is 337 g/mol. The molecule has 14 heteroatoms. The second kappa shape index (κ2) is 4.90. The van der Waals surface area contributed by atoms with Gasteiger partial charge >= 0.3 is 33.1 Å². The summed E-state index contributed by atoms with van der Waals surface area (Å²) in [7, 11) is -9.52. The largest absolute Gasteiger partial charge is 0.438 e. The van der Waals surface area contributed by atoms with Gasteiger partial charge in [-0.05, 0) is 0 Å².